The van der Waals surface area contributed by atoms with Gasteiger partial charge in [0, 0.05) is 10.2 Å². The molecule has 1 saturated carbocycles. The molecule has 0 unspecified atom stereocenters. The summed E-state index contributed by atoms with van der Waals surface area (Å²) in [6, 6.07) is 13.6. The van der Waals surface area contributed by atoms with E-state index in [1.165, 1.54) is 0 Å². The van der Waals surface area contributed by atoms with Crippen LogP contribution >= 0.6 is 15.9 Å². The highest BCUT2D eigenvalue weighted by Gasteiger charge is 2.51. The van der Waals surface area contributed by atoms with Crippen LogP contribution in [0, 0.1) is 6.92 Å². The maximum absolute atomic E-state index is 12.7. The van der Waals surface area contributed by atoms with Crippen molar-refractivity contribution in [3.05, 3.63) is 58.1 Å². The Morgan fingerprint density at radius 2 is 1.86 bits per heavy atom. The minimum Gasteiger partial charge on any atom is -0.497 e. The van der Waals surface area contributed by atoms with Crippen LogP contribution < -0.4 is 10.1 Å². The topological polar surface area (TPSA) is 38.3 Å². The minimum absolute atomic E-state index is 0.0689. The summed E-state index contributed by atoms with van der Waals surface area (Å²) in [6.45, 7) is 2.01. The number of rotatable bonds is 4. The van der Waals surface area contributed by atoms with Gasteiger partial charge in [-0.25, -0.2) is 0 Å². The van der Waals surface area contributed by atoms with E-state index in [0.29, 0.717) is 0 Å². The maximum atomic E-state index is 12.7. The van der Waals surface area contributed by atoms with Crippen molar-refractivity contribution in [2.24, 2.45) is 0 Å². The van der Waals surface area contributed by atoms with Crippen LogP contribution in [0.2, 0.25) is 0 Å². The van der Waals surface area contributed by atoms with Crippen molar-refractivity contribution in [3.8, 4) is 5.75 Å². The summed E-state index contributed by atoms with van der Waals surface area (Å²) < 4.78 is 6.22. The van der Waals surface area contributed by atoms with Crippen LogP contribution in [0.15, 0.2) is 46.9 Å². The van der Waals surface area contributed by atoms with Crippen molar-refractivity contribution in [1.29, 1.82) is 0 Å². The Labute approximate surface area is 138 Å². The van der Waals surface area contributed by atoms with Gasteiger partial charge < -0.3 is 10.1 Å². The Hall–Kier alpha value is -1.81. The van der Waals surface area contributed by atoms with Crippen LogP contribution in [0.4, 0.5) is 5.69 Å². The van der Waals surface area contributed by atoms with Gasteiger partial charge in [0.2, 0.25) is 5.91 Å². The molecular weight excluding hydrogens is 342 g/mol. The summed E-state index contributed by atoms with van der Waals surface area (Å²) in [5.41, 5.74) is 2.62. The molecule has 22 heavy (non-hydrogen) atoms. The summed E-state index contributed by atoms with van der Waals surface area (Å²) in [4.78, 5) is 12.7. The number of nitrogens with one attached hydrogen (secondary N) is 1. The van der Waals surface area contributed by atoms with E-state index >= 15 is 0 Å². The third-order valence-electron chi connectivity index (χ3n) is 4.24. The highest BCUT2D eigenvalue weighted by atomic mass is 79.9. The minimum atomic E-state index is -0.382. The Morgan fingerprint density at radius 1 is 1.18 bits per heavy atom. The molecule has 0 atom stereocenters. The molecule has 0 spiro atoms. The second-order valence-corrected chi connectivity index (χ2v) is 6.58. The molecule has 0 heterocycles. The van der Waals surface area contributed by atoms with Gasteiger partial charge in [0.05, 0.1) is 12.5 Å². The number of anilines is 1. The zero-order chi connectivity index (χ0) is 15.7. The highest BCUT2D eigenvalue weighted by Crippen LogP contribution is 2.49. The fourth-order valence-electron chi connectivity index (χ4n) is 2.66. The lowest BCUT2D eigenvalue weighted by Crippen LogP contribution is -2.27. The Morgan fingerprint density at radius 3 is 2.41 bits per heavy atom. The summed E-state index contributed by atoms with van der Waals surface area (Å²) in [7, 11) is 1.64. The number of amides is 1. The molecule has 2 aromatic rings. The first kappa shape index (κ1) is 15.1. The van der Waals surface area contributed by atoms with Crippen molar-refractivity contribution in [2.75, 3.05) is 12.4 Å². The van der Waals surface area contributed by atoms with Crippen LogP contribution in [0.3, 0.4) is 0 Å². The van der Waals surface area contributed by atoms with Gasteiger partial charge >= 0.3 is 0 Å². The second kappa shape index (κ2) is 5.76. The SMILES string of the molecule is COc1ccc(C2(C(=O)Nc3ccc(Br)c(C)c3)CC2)cc1. The molecule has 1 amide bonds. The fourth-order valence-corrected chi connectivity index (χ4v) is 2.90. The number of halogens is 1. The number of aryl methyl sites for hydroxylation is 1. The molecule has 1 aliphatic rings. The lowest BCUT2D eigenvalue weighted by Gasteiger charge is -2.16. The van der Waals surface area contributed by atoms with E-state index in [4.69, 9.17) is 4.74 Å². The van der Waals surface area contributed by atoms with Gasteiger partial charge in [0.1, 0.15) is 5.75 Å². The van der Waals surface area contributed by atoms with Gasteiger partial charge in [-0.2, -0.15) is 0 Å². The molecule has 0 aliphatic heterocycles. The predicted octanol–water partition coefficient (Wildman–Crippen LogP) is 4.44. The van der Waals surface area contributed by atoms with E-state index < -0.39 is 0 Å². The first-order chi connectivity index (χ1) is 10.5. The first-order valence-electron chi connectivity index (χ1n) is 7.27. The average Bonchev–Trinajstić information content (AvgIpc) is 3.33. The van der Waals surface area contributed by atoms with Gasteiger partial charge in [-0.3, -0.25) is 4.79 Å². The fraction of sp³-hybridized carbons (Fsp3) is 0.278. The van der Waals surface area contributed by atoms with Crippen LogP contribution in [-0.2, 0) is 10.2 Å². The molecule has 3 nitrogen and oxygen atoms in total. The Bertz CT molecular complexity index is 706. The lowest BCUT2D eigenvalue weighted by molar-refractivity contribution is -0.118. The summed E-state index contributed by atoms with van der Waals surface area (Å²) >= 11 is 3.47. The Balaban J connectivity index is 1.79. The molecule has 4 heteroatoms. The first-order valence-corrected chi connectivity index (χ1v) is 8.06. The van der Waals surface area contributed by atoms with E-state index in [0.717, 1.165) is 39.9 Å². The van der Waals surface area contributed by atoms with Crippen LogP contribution in [0.1, 0.15) is 24.0 Å². The van der Waals surface area contributed by atoms with E-state index in [-0.39, 0.29) is 11.3 Å². The number of benzene rings is 2. The van der Waals surface area contributed by atoms with Gasteiger partial charge in [0.15, 0.2) is 0 Å². The quantitative estimate of drug-likeness (QED) is 0.876. The summed E-state index contributed by atoms with van der Waals surface area (Å²) in [5.74, 6) is 0.878. The number of carbonyl (C=O) groups is 1. The van der Waals surface area contributed by atoms with Gasteiger partial charge in [-0.05, 0) is 61.2 Å². The van der Waals surface area contributed by atoms with Crippen molar-refractivity contribution in [2.45, 2.75) is 25.2 Å². The molecule has 114 valence electrons. The van der Waals surface area contributed by atoms with E-state index in [9.17, 15) is 4.79 Å². The monoisotopic (exact) mass is 359 g/mol. The van der Waals surface area contributed by atoms with E-state index in [1.54, 1.807) is 7.11 Å². The van der Waals surface area contributed by atoms with Crippen LogP contribution in [0.25, 0.3) is 0 Å². The normalized spacial score (nSPS) is 15.2. The second-order valence-electron chi connectivity index (χ2n) is 5.73. The molecule has 1 fully saturated rings. The number of hydrogen-bond donors (Lipinski definition) is 1. The maximum Gasteiger partial charge on any atom is 0.235 e. The predicted molar refractivity (Wildman–Crippen MR) is 91.4 cm³/mol. The summed E-state index contributed by atoms with van der Waals surface area (Å²) in [6.07, 6.45) is 1.78. The van der Waals surface area contributed by atoms with Gasteiger partial charge in [-0.1, -0.05) is 28.1 Å². The molecule has 1 aliphatic carbocycles. The number of methoxy groups -OCH3 is 1. The standard InChI is InChI=1S/C18H18BrNO2/c1-12-11-14(5-8-16(12)19)20-17(21)18(9-10-18)13-3-6-15(22-2)7-4-13/h3-8,11H,9-10H2,1-2H3,(H,20,21). The van der Waals surface area contributed by atoms with E-state index in [1.807, 2.05) is 49.4 Å². The number of ether oxygens (including phenoxy) is 1. The van der Waals surface area contributed by atoms with Crippen LogP contribution in [-0.4, -0.2) is 13.0 Å². The zero-order valence-corrected chi connectivity index (χ0v) is 14.2. The molecule has 1 N–H and O–H groups in total. The smallest absolute Gasteiger partial charge is 0.235 e. The van der Waals surface area contributed by atoms with Gasteiger partial charge in [-0.15, -0.1) is 0 Å². The molecule has 0 aromatic heterocycles. The van der Waals surface area contributed by atoms with Crippen LogP contribution in [0.5, 0.6) is 5.75 Å². The van der Waals surface area contributed by atoms with Crippen molar-refractivity contribution < 1.29 is 9.53 Å². The number of hydrogen-bond acceptors (Lipinski definition) is 2. The molecule has 2 aromatic carbocycles. The lowest BCUT2D eigenvalue weighted by atomic mass is 9.94. The van der Waals surface area contributed by atoms with Crippen molar-refractivity contribution in [3.63, 3.8) is 0 Å². The molecule has 0 saturated heterocycles. The van der Waals surface area contributed by atoms with E-state index in [2.05, 4.69) is 21.2 Å². The zero-order valence-electron chi connectivity index (χ0n) is 12.7. The summed E-state index contributed by atoms with van der Waals surface area (Å²) in [5, 5.41) is 3.05. The molecule has 0 radical (unpaired) electrons. The largest absolute Gasteiger partial charge is 0.497 e. The number of carbonyl (C=O) groups excluding carboxylic acids is 1. The molecular formula is C18H18BrNO2. The average molecular weight is 360 g/mol. The molecule has 3 rings (SSSR count). The van der Waals surface area contributed by atoms with Crippen molar-refractivity contribution in [1.82, 2.24) is 0 Å². The third kappa shape index (κ3) is 2.75. The Kier molecular flexibility index (Phi) is 3.96. The third-order valence-corrected chi connectivity index (χ3v) is 5.13. The van der Waals surface area contributed by atoms with Crippen molar-refractivity contribution >= 4 is 27.5 Å². The molecule has 0 bridgehead atoms. The highest BCUT2D eigenvalue weighted by molar-refractivity contribution is 9.10. The van der Waals surface area contributed by atoms with Gasteiger partial charge in [0.25, 0.3) is 0 Å².